The molecule has 0 aromatic heterocycles. The zero-order valence-electron chi connectivity index (χ0n) is 19.6. The van der Waals surface area contributed by atoms with Gasteiger partial charge in [-0.25, -0.2) is 9.59 Å². The van der Waals surface area contributed by atoms with Crippen LogP contribution in [-0.4, -0.2) is 67.6 Å². The first-order valence-corrected chi connectivity index (χ1v) is 12.3. The third-order valence-corrected chi connectivity index (χ3v) is 8.88. The summed E-state index contributed by atoms with van der Waals surface area (Å²) in [6.45, 7) is 3.39. The molecule has 186 valence electrons. The van der Waals surface area contributed by atoms with Gasteiger partial charge in [0.05, 0.1) is 12.7 Å². The number of carbonyl (C=O) groups is 3. The molecule has 2 spiro atoms. The fourth-order valence-electron chi connectivity index (χ4n) is 7.18. The number of nitrogens with zero attached hydrogens (tertiary/aromatic N) is 3. The van der Waals surface area contributed by atoms with Gasteiger partial charge in [-0.1, -0.05) is 12.0 Å². The van der Waals surface area contributed by atoms with Crippen LogP contribution >= 0.6 is 0 Å². The van der Waals surface area contributed by atoms with E-state index in [4.69, 9.17) is 24.5 Å². The van der Waals surface area contributed by atoms with Crippen LogP contribution in [0.25, 0.3) is 10.4 Å². The first-order chi connectivity index (χ1) is 16.9. The predicted octanol–water partition coefficient (Wildman–Crippen LogP) is 2.65. The molecule has 11 nitrogen and oxygen atoms in total. The minimum Gasteiger partial charge on any atom is -0.458 e. The van der Waals surface area contributed by atoms with E-state index in [2.05, 4.69) is 22.3 Å². The molecule has 1 saturated carbocycles. The molecule has 3 aliphatic carbocycles. The standard InChI is InChI=1S/C24H28N4O7/c1-22-6-5-14-15(12-33-20(14)30)16(22)11-17-23(34-17)19(29)13(10-18-24(22,23)35-18)4-2-9-32-21(31)26-7-3-8-27-28-25/h10,16-18H,2-9,11-12H2,1H3,(H,26,31)/t16?,17-,18-,22-,23+,24+/m0/s1. The van der Waals surface area contributed by atoms with Crippen LogP contribution in [-0.2, 0) is 28.5 Å². The normalized spacial score (nSPS) is 39.6. The molecule has 6 aliphatic rings. The molecular weight excluding hydrogens is 456 g/mol. The van der Waals surface area contributed by atoms with Crippen molar-refractivity contribution in [3.05, 3.63) is 33.2 Å². The quantitative estimate of drug-likeness (QED) is 0.139. The lowest BCUT2D eigenvalue weighted by Gasteiger charge is -2.51. The third-order valence-electron chi connectivity index (χ3n) is 8.88. The summed E-state index contributed by atoms with van der Waals surface area (Å²) in [6.07, 6.45) is 4.66. The van der Waals surface area contributed by atoms with Crippen LogP contribution in [0.4, 0.5) is 4.79 Å². The maximum Gasteiger partial charge on any atom is 0.407 e. The Hall–Kier alpha value is -2.88. The van der Waals surface area contributed by atoms with Gasteiger partial charge in [-0.2, -0.15) is 0 Å². The number of ketones is 1. The summed E-state index contributed by atoms with van der Waals surface area (Å²) >= 11 is 0. The molecule has 0 bridgehead atoms. The topological polar surface area (TPSA) is 156 Å². The molecular formula is C24H28N4O7. The van der Waals surface area contributed by atoms with Gasteiger partial charge in [0.2, 0.25) is 0 Å². The molecule has 1 N–H and O–H groups in total. The zero-order chi connectivity index (χ0) is 24.4. The number of hydrogen-bond acceptors (Lipinski definition) is 8. The Morgan fingerprint density at radius 2 is 2.20 bits per heavy atom. The van der Waals surface area contributed by atoms with Crippen LogP contribution in [0, 0.1) is 11.3 Å². The Labute approximate surface area is 201 Å². The summed E-state index contributed by atoms with van der Waals surface area (Å²) in [5.74, 6) is -0.0889. The highest BCUT2D eigenvalue weighted by molar-refractivity contribution is 6.08. The zero-order valence-corrected chi connectivity index (χ0v) is 19.6. The second-order valence-corrected chi connectivity index (χ2v) is 10.4. The number of Topliss-reactive ketones (excluding diaryl/α,β-unsaturated/α-hetero) is 1. The lowest BCUT2D eigenvalue weighted by molar-refractivity contribution is -0.136. The molecule has 6 atom stereocenters. The maximum atomic E-state index is 13.7. The molecule has 3 heterocycles. The van der Waals surface area contributed by atoms with Gasteiger partial charge >= 0.3 is 12.1 Å². The Kier molecular flexibility index (Phi) is 5.04. The molecule has 0 aromatic rings. The first kappa shape index (κ1) is 22.6. The molecule has 0 radical (unpaired) electrons. The summed E-state index contributed by atoms with van der Waals surface area (Å²) < 4.78 is 23.1. The van der Waals surface area contributed by atoms with Crippen molar-refractivity contribution < 1.29 is 33.3 Å². The van der Waals surface area contributed by atoms with Crippen LogP contribution < -0.4 is 5.32 Å². The molecule has 3 fully saturated rings. The highest BCUT2D eigenvalue weighted by Crippen LogP contribution is 2.77. The van der Waals surface area contributed by atoms with E-state index in [1.807, 2.05) is 6.08 Å². The molecule has 3 aliphatic heterocycles. The maximum absolute atomic E-state index is 13.7. The molecule has 11 heteroatoms. The third kappa shape index (κ3) is 2.98. The van der Waals surface area contributed by atoms with E-state index >= 15 is 0 Å². The van der Waals surface area contributed by atoms with Crippen molar-refractivity contribution in [3.63, 3.8) is 0 Å². The van der Waals surface area contributed by atoms with Crippen LogP contribution in [0.15, 0.2) is 27.9 Å². The summed E-state index contributed by atoms with van der Waals surface area (Å²) in [7, 11) is 0. The van der Waals surface area contributed by atoms with Crippen molar-refractivity contribution in [2.24, 2.45) is 16.4 Å². The SMILES string of the molecule is C[C@]12CCC3=C(COC3=O)C1C[C@@H]1O[C@@]13C(=O)C(CCCOC(=O)NCCCN=[N+]=[N-])=C[C@@H]1O[C@]123. The lowest BCUT2D eigenvalue weighted by atomic mass is 9.48. The number of amides is 1. The Morgan fingerprint density at radius 1 is 1.34 bits per heavy atom. The van der Waals surface area contributed by atoms with Crippen LogP contribution in [0.2, 0.25) is 0 Å². The first-order valence-electron chi connectivity index (χ1n) is 12.3. The number of azide groups is 1. The number of ether oxygens (including phenoxy) is 4. The Bertz CT molecular complexity index is 1130. The van der Waals surface area contributed by atoms with Crippen LogP contribution in [0.1, 0.15) is 45.4 Å². The monoisotopic (exact) mass is 484 g/mol. The molecule has 1 amide bonds. The molecule has 6 rings (SSSR count). The molecule has 35 heavy (non-hydrogen) atoms. The van der Waals surface area contributed by atoms with Gasteiger partial charge in [-0.05, 0) is 67.2 Å². The molecule has 2 saturated heterocycles. The van der Waals surface area contributed by atoms with Crippen molar-refractivity contribution in [3.8, 4) is 0 Å². The number of hydrogen-bond donors (Lipinski definition) is 1. The summed E-state index contributed by atoms with van der Waals surface area (Å²) in [5, 5.41) is 6.00. The second-order valence-electron chi connectivity index (χ2n) is 10.4. The van der Waals surface area contributed by atoms with Gasteiger partial charge < -0.3 is 24.3 Å². The van der Waals surface area contributed by atoms with Crippen molar-refractivity contribution in [1.82, 2.24) is 5.32 Å². The van der Waals surface area contributed by atoms with Gasteiger partial charge in [-0.15, -0.1) is 0 Å². The highest BCUT2D eigenvalue weighted by Gasteiger charge is 2.92. The average Bonchev–Trinajstić information content (AvgIpc) is 3.72. The number of nitrogens with one attached hydrogen (secondary N) is 1. The van der Waals surface area contributed by atoms with Crippen LogP contribution in [0.3, 0.4) is 0 Å². The summed E-state index contributed by atoms with van der Waals surface area (Å²) in [6, 6.07) is 0. The summed E-state index contributed by atoms with van der Waals surface area (Å²) in [4.78, 5) is 40.3. The number of epoxide rings is 2. The van der Waals surface area contributed by atoms with E-state index in [9.17, 15) is 14.4 Å². The van der Waals surface area contributed by atoms with E-state index in [1.165, 1.54) is 0 Å². The number of carbonyl (C=O) groups excluding carboxylic acids is 3. The number of esters is 1. The van der Waals surface area contributed by atoms with E-state index < -0.39 is 17.3 Å². The van der Waals surface area contributed by atoms with Gasteiger partial charge in [-0.3, -0.25) is 4.79 Å². The van der Waals surface area contributed by atoms with Gasteiger partial charge in [0, 0.05) is 29.0 Å². The smallest absolute Gasteiger partial charge is 0.407 e. The Balaban J connectivity index is 1.10. The second kappa shape index (κ2) is 7.81. The van der Waals surface area contributed by atoms with Crippen molar-refractivity contribution in [2.45, 2.75) is 68.9 Å². The van der Waals surface area contributed by atoms with Crippen molar-refractivity contribution in [2.75, 3.05) is 26.3 Å². The minimum atomic E-state index is -0.932. The lowest BCUT2D eigenvalue weighted by Crippen LogP contribution is -2.63. The van der Waals surface area contributed by atoms with E-state index in [-0.39, 0.29) is 41.9 Å². The molecule has 0 aromatic carbocycles. The molecule has 1 unspecified atom stereocenters. The Morgan fingerprint density at radius 3 is 3.03 bits per heavy atom. The van der Waals surface area contributed by atoms with Crippen LogP contribution in [0.5, 0.6) is 0 Å². The van der Waals surface area contributed by atoms with Crippen molar-refractivity contribution >= 4 is 17.8 Å². The fraction of sp³-hybridized carbons (Fsp3) is 0.708. The fourth-order valence-corrected chi connectivity index (χ4v) is 7.18. The van der Waals surface area contributed by atoms with Gasteiger partial charge in [0.15, 0.2) is 11.4 Å². The van der Waals surface area contributed by atoms with E-state index in [1.54, 1.807) is 0 Å². The predicted molar refractivity (Wildman–Crippen MR) is 119 cm³/mol. The van der Waals surface area contributed by atoms with Gasteiger partial charge in [0.25, 0.3) is 0 Å². The number of cyclic esters (lactones) is 1. The largest absolute Gasteiger partial charge is 0.458 e. The minimum absolute atomic E-state index is 0.00283. The highest BCUT2D eigenvalue weighted by atomic mass is 16.7. The van der Waals surface area contributed by atoms with E-state index in [0.29, 0.717) is 57.4 Å². The average molecular weight is 485 g/mol. The number of alkyl carbamates (subject to hydrolysis) is 1. The summed E-state index contributed by atoms with van der Waals surface area (Å²) in [5.41, 5.74) is 8.90. The van der Waals surface area contributed by atoms with Gasteiger partial charge in [0.1, 0.15) is 18.3 Å². The van der Waals surface area contributed by atoms with E-state index in [0.717, 1.165) is 17.6 Å². The number of fused-ring (bicyclic) bond motifs is 2. The van der Waals surface area contributed by atoms with Crippen molar-refractivity contribution in [1.29, 1.82) is 0 Å². The number of rotatable bonds is 8.